The number of benzene rings is 2. The molecule has 2 aromatic rings. The Morgan fingerprint density at radius 1 is 1.14 bits per heavy atom. The molecule has 152 valence electrons. The molecule has 1 unspecified atom stereocenters. The number of amides is 1. The van der Waals surface area contributed by atoms with Crippen LogP contribution in [0, 0.1) is 5.92 Å². The molecule has 1 amide bonds. The molecular formula is C24H30N4O. The third-order valence-corrected chi connectivity index (χ3v) is 6.15. The van der Waals surface area contributed by atoms with E-state index in [0.717, 1.165) is 50.3 Å². The summed E-state index contributed by atoms with van der Waals surface area (Å²) in [7, 11) is 0. The number of hydrogen-bond acceptors (Lipinski definition) is 4. The van der Waals surface area contributed by atoms with Gasteiger partial charge in [-0.2, -0.15) is 0 Å². The zero-order valence-electron chi connectivity index (χ0n) is 17.1. The molecule has 1 saturated heterocycles. The summed E-state index contributed by atoms with van der Waals surface area (Å²) < 4.78 is 0. The van der Waals surface area contributed by atoms with E-state index in [1.165, 1.54) is 5.56 Å². The van der Waals surface area contributed by atoms with E-state index in [9.17, 15) is 4.79 Å². The van der Waals surface area contributed by atoms with E-state index in [0.29, 0.717) is 18.0 Å². The van der Waals surface area contributed by atoms with Crippen LogP contribution in [-0.4, -0.2) is 42.7 Å². The van der Waals surface area contributed by atoms with Gasteiger partial charge in [0.15, 0.2) is 0 Å². The smallest absolute Gasteiger partial charge is 0.227 e. The summed E-state index contributed by atoms with van der Waals surface area (Å²) in [6.45, 7) is 5.01. The van der Waals surface area contributed by atoms with Gasteiger partial charge in [0.05, 0.1) is 11.4 Å². The molecule has 5 heteroatoms. The lowest BCUT2D eigenvalue weighted by Crippen LogP contribution is -2.40. The van der Waals surface area contributed by atoms with E-state index in [4.69, 9.17) is 5.73 Å². The van der Waals surface area contributed by atoms with E-state index >= 15 is 0 Å². The number of nitrogens with two attached hydrogens (primary N) is 1. The van der Waals surface area contributed by atoms with Crippen molar-refractivity contribution in [1.29, 1.82) is 0 Å². The second-order valence-corrected chi connectivity index (χ2v) is 8.26. The van der Waals surface area contributed by atoms with Crippen molar-refractivity contribution in [2.24, 2.45) is 10.9 Å². The standard InChI is InChI=1S/C24H30N4O/c1-18-16-20-6-2-5-9-23(20)28(18)24(29)17-19-10-13-27(14-11-19)15-12-26-22-8-4-3-7-21(22)25/h2-9,12,18-19H,10-11,13-17,25H2,1H3. The number of anilines is 2. The van der Waals surface area contributed by atoms with Gasteiger partial charge in [-0.1, -0.05) is 30.3 Å². The van der Waals surface area contributed by atoms with Gasteiger partial charge in [0.2, 0.25) is 5.91 Å². The number of rotatable bonds is 5. The van der Waals surface area contributed by atoms with Crippen LogP contribution in [-0.2, 0) is 11.2 Å². The molecule has 1 fully saturated rings. The Bertz CT molecular complexity index is 886. The maximum Gasteiger partial charge on any atom is 0.227 e. The summed E-state index contributed by atoms with van der Waals surface area (Å²) >= 11 is 0. The zero-order chi connectivity index (χ0) is 20.2. The van der Waals surface area contributed by atoms with Crippen molar-refractivity contribution in [3.63, 3.8) is 0 Å². The van der Waals surface area contributed by atoms with Gasteiger partial charge in [0, 0.05) is 30.9 Å². The van der Waals surface area contributed by atoms with Crippen LogP contribution < -0.4 is 10.6 Å². The Morgan fingerprint density at radius 3 is 2.66 bits per heavy atom. The Labute approximate surface area is 173 Å². The van der Waals surface area contributed by atoms with Crippen LogP contribution in [0.5, 0.6) is 0 Å². The van der Waals surface area contributed by atoms with Crippen molar-refractivity contribution in [3.05, 3.63) is 54.1 Å². The molecule has 5 nitrogen and oxygen atoms in total. The third-order valence-electron chi connectivity index (χ3n) is 6.15. The molecule has 2 N–H and O–H groups in total. The zero-order valence-corrected chi connectivity index (χ0v) is 17.1. The second kappa shape index (κ2) is 8.78. The fourth-order valence-electron chi connectivity index (χ4n) is 4.52. The highest BCUT2D eigenvalue weighted by Gasteiger charge is 2.32. The average molecular weight is 391 g/mol. The molecule has 1 atom stereocenters. The molecule has 2 aromatic carbocycles. The lowest BCUT2D eigenvalue weighted by atomic mass is 9.93. The second-order valence-electron chi connectivity index (χ2n) is 8.26. The Hall–Kier alpha value is -2.66. The Balaban J connectivity index is 1.26. The summed E-state index contributed by atoms with van der Waals surface area (Å²) in [5, 5.41) is 0. The molecule has 0 aliphatic carbocycles. The normalized spacial score (nSPS) is 20.3. The number of hydrogen-bond donors (Lipinski definition) is 1. The van der Waals surface area contributed by atoms with E-state index in [1.54, 1.807) is 0 Å². The van der Waals surface area contributed by atoms with Crippen LogP contribution in [0.3, 0.4) is 0 Å². The first-order valence-electron chi connectivity index (χ1n) is 10.6. The molecule has 0 bridgehead atoms. The maximum atomic E-state index is 13.0. The lowest BCUT2D eigenvalue weighted by molar-refractivity contribution is -0.120. The number of piperidine rings is 1. The van der Waals surface area contributed by atoms with Crippen LogP contribution >= 0.6 is 0 Å². The number of aliphatic imine (C=N–C) groups is 1. The fourth-order valence-corrected chi connectivity index (χ4v) is 4.52. The number of para-hydroxylation sites is 3. The van der Waals surface area contributed by atoms with Crippen molar-refractivity contribution in [2.75, 3.05) is 30.3 Å². The van der Waals surface area contributed by atoms with Gasteiger partial charge in [-0.05, 0) is 69.0 Å². The highest BCUT2D eigenvalue weighted by atomic mass is 16.2. The van der Waals surface area contributed by atoms with Crippen LogP contribution in [0.4, 0.5) is 17.1 Å². The van der Waals surface area contributed by atoms with Crippen molar-refractivity contribution in [1.82, 2.24) is 4.90 Å². The monoisotopic (exact) mass is 390 g/mol. The average Bonchev–Trinajstić information content (AvgIpc) is 3.06. The molecule has 2 aliphatic heterocycles. The molecule has 4 rings (SSSR count). The van der Waals surface area contributed by atoms with Gasteiger partial charge in [0.1, 0.15) is 0 Å². The molecule has 2 aliphatic rings. The first-order valence-corrected chi connectivity index (χ1v) is 10.6. The molecule has 2 heterocycles. The lowest BCUT2D eigenvalue weighted by Gasteiger charge is -2.32. The van der Waals surface area contributed by atoms with Gasteiger partial charge >= 0.3 is 0 Å². The highest BCUT2D eigenvalue weighted by Crippen LogP contribution is 2.33. The van der Waals surface area contributed by atoms with Crippen molar-refractivity contribution >= 4 is 29.2 Å². The van der Waals surface area contributed by atoms with E-state index in [-0.39, 0.29) is 11.9 Å². The van der Waals surface area contributed by atoms with E-state index in [2.05, 4.69) is 35.0 Å². The minimum absolute atomic E-state index is 0.265. The molecule has 0 spiro atoms. The summed E-state index contributed by atoms with van der Waals surface area (Å²) in [4.78, 5) is 21.9. The largest absolute Gasteiger partial charge is 0.397 e. The van der Waals surface area contributed by atoms with Gasteiger partial charge in [-0.25, -0.2) is 0 Å². The SMILES string of the molecule is CC1Cc2ccccc2N1C(=O)CC1CCN(CC=Nc2ccccc2N)CC1. The van der Waals surface area contributed by atoms with Gasteiger partial charge in [-0.3, -0.25) is 14.7 Å². The van der Waals surface area contributed by atoms with Crippen molar-refractivity contribution < 1.29 is 4.79 Å². The van der Waals surface area contributed by atoms with E-state index < -0.39 is 0 Å². The molecule has 29 heavy (non-hydrogen) atoms. The predicted octanol–water partition coefficient (Wildman–Crippen LogP) is 4.05. The quantitative estimate of drug-likeness (QED) is 0.619. The Morgan fingerprint density at radius 2 is 1.86 bits per heavy atom. The number of fused-ring (bicyclic) bond motifs is 1. The number of likely N-dealkylation sites (tertiary alicyclic amines) is 1. The number of carbonyl (C=O) groups is 1. The van der Waals surface area contributed by atoms with E-state index in [1.807, 2.05) is 41.4 Å². The molecule has 0 aromatic heterocycles. The topological polar surface area (TPSA) is 61.9 Å². The predicted molar refractivity (Wildman–Crippen MR) is 120 cm³/mol. The first kappa shape index (κ1) is 19.6. The maximum absolute atomic E-state index is 13.0. The Kier molecular flexibility index (Phi) is 5.95. The fraction of sp³-hybridized carbons (Fsp3) is 0.417. The highest BCUT2D eigenvalue weighted by molar-refractivity contribution is 5.96. The number of nitrogens with zero attached hydrogens (tertiary/aromatic N) is 3. The van der Waals surface area contributed by atoms with Crippen molar-refractivity contribution in [3.8, 4) is 0 Å². The molecular weight excluding hydrogens is 360 g/mol. The third kappa shape index (κ3) is 4.51. The van der Waals surface area contributed by atoms with Crippen LogP contribution in [0.25, 0.3) is 0 Å². The van der Waals surface area contributed by atoms with Crippen LogP contribution in [0.1, 0.15) is 31.7 Å². The van der Waals surface area contributed by atoms with Gasteiger partial charge < -0.3 is 10.6 Å². The van der Waals surface area contributed by atoms with Gasteiger partial charge in [-0.15, -0.1) is 0 Å². The number of carbonyl (C=O) groups excluding carboxylic acids is 1. The van der Waals surface area contributed by atoms with Crippen LogP contribution in [0.15, 0.2) is 53.5 Å². The summed E-state index contributed by atoms with van der Waals surface area (Å²) in [6, 6.07) is 16.2. The molecule has 0 saturated carbocycles. The van der Waals surface area contributed by atoms with Crippen molar-refractivity contribution in [2.45, 2.75) is 38.6 Å². The summed E-state index contributed by atoms with van der Waals surface area (Å²) in [5.74, 6) is 0.752. The summed E-state index contributed by atoms with van der Waals surface area (Å²) in [5.41, 5.74) is 9.87. The molecule has 0 radical (unpaired) electrons. The number of nitrogen functional groups attached to an aromatic ring is 1. The van der Waals surface area contributed by atoms with Crippen LogP contribution in [0.2, 0.25) is 0 Å². The minimum atomic E-state index is 0.265. The minimum Gasteiger partial charge on any atom is -0.397 e. The van der Waals surface area contributed by atoms with Gasteiger partial charge in [0.25, 0.3) is 0 Å². The summed E-state index contributed by atoms with van der Waals surface area (Å²) in [6.07, 6.45) is 5.70. The first-order chi connectivity index (χ1) is 14.1.